The summed E-state index contributed by atoms with van der Waals surface area (Å²) in [7, 11) is 0. The van der Waals surface area contributed by atoms with Crippen molar-refractivity contribution < 1.29 is 9.90 Å². The third kappa shape index (κ3) is 2.93. The van der Waals surface area contributed by atoms with Gasteiger partial charge in [-0.05, 0) is 37.3 Å². The number of carboxylic acids is 1. The summed E-state index contributed by atoms with van der Waals surface area (Å²) < 4.78 is 0. The molecule has 0 aliphatic heterocycles. The highest BCUT2D eigenvalue weighted by Crippen LogP contribution is 2.32. The lowest BCUT2D eigenvalue weighted by atomic mass is 10.1. The van der Waals surface area contributed by atoms with Gasteiger partial charge in [-0.15, -0.1) is 0 Å². The summed E-state index contributed by atoms with van der Waals surface area (Å²) in [5.41, 5.74) is 0.909. The minimum Gasteiger partial charge on any atom is -0.478 e. The summed E-state index contributed by atoms with van der Waals surface area (Å²) >= 11 is 7.68. The van der Waals surface area contributed by atoms with E-state index in [1.165, 1.54) is 18.9 Å². The van der Waals surface area contributed by atoms with Crippen LogP contribution in [0.5, 0.6) is 0 Å². The summed E-state index contributed by atoms with van der Waals surface area (Å²) in [6, 6.07) is 5.31. The molecule has 0 saturated heterocycles. The van der Waals surface area contributed by atoms with Crippen LogP contribution in [0.25, 0.3) is 0 Å². The number of carbonyl (C=O) groups is 1. The Kier molecular flexibility index (Phi) is 4.40. The molecule has 2 atom stereocenters. The molecular formula is C13H16ClNO2S. The van der Waals surface area contributed by atoms with Crippen LogP contribution in [0.3, 0.4) is 0 Å². The fourth-order valence-corrected chi connectivity index (χ4v) is 3.50. The van der Waals surface area contributed by atoms with Crippen LogP contribution in [0.15, 0.2) is 18.2 Å². The molecule has 1 aromatic rings. The number of halogens is 1. The number of thioether (sulfide) groups is 1. The smallest absolute Gasteiger partial charge is 0.337 e. The van der Waals surface area contributed by atoms with Crippen molar-refractivity contribution in [1.29, 1.82) is 0 Å². The van der Waals surface area contributed by atoms with Crippen molar-refractivity contribution in [1.82, 2.24) is 0 Å². The lowest BCUT2D eigenvalue weighted by Crippen LogP contribution is -2.26. The highest BCUT2D eigenvalue weighted by Gasteiger charge is 2.27. The minimum atomic E-state index is -0.946. The summed E-state index contributed by atoms with van der Waals surface area (Å²) in [5.74, 6) is -0.946. The highest BCUT2D eigenvalue weighted by molar-refractivity contribution is 7.99. The molecule has 2 N–H and O–H groups in total. The Hall–Kier alpha value is -0.870. The van der Waals surface area contributed by atoms with E-state index in [0.717, 1.165) is 6.42 Å². The highest BCUT2D eigenvalue weighted by atomic mass is 35.5. The Labute approximate surface area is 116 Å². The van der Waals surface area contributed by atoms with Crippen LogP contribution < -0.4 is 5.32 Å². The molecule has 18 heavy (non-hydrogen) atoms. The van der Waals surface area contributed by atoms with E-state index in [-0.39, 0.29) is 5.56 Å². The van der Waals surface area contributed by atoms with Gasteiger partial charge < -0.3 is 10.4 Å². The van der Waals surface area contributed by atoms with Crippen molar-refractivity contribution in [2.75, 3.05) is 11.6 Å². The molecule has 1 aliphatic carbocycles. The fraction of sp³-hybridized carbons (Fsp3) is 0.462. The maximum atomic E-state index is 11.2. The number of rotatable bonds is 4. The van der Waals surface area contributed by atoms with E-state index in [0.29, 0.717) is 22.0 Å². The van der Waals surface area contributed by atoms with Crippen LogP contribution in [0.2, 0.25) is 5.02 Å². The zero-order chi connectivity index (χ0) is 13.1. The SMILES string of the molecule is CSC1CCCC1Nc1ccc(Cl)cc1C(=O)O. The maximum Gasteiger partial charge on any atom is 0.337 e. The van der Waals surface area contributed by atoms with Crippen LogP contribution in [0.4, 0.5) is 5.69 Å². The van der Waals surface area contributed by atoms with Crippen molar-refractivity contribution in [2.45, 2.75) is 30.6 Å². The minimum absolute atomic E-state index is 0.245. The predicted molar refractivity (Wildman–Crippen MR) is 77.0 cm³/mol. The van der Waals surface area contributed by atoms with E-state index in [1.807, 2.05) is 11.8 Å². The van der Waals surface area contributed by atoms with Gasteiger partial charge in [-0.2, -0.15) is 11.8 Å². The van der Waals surface area contributed by atoms with Gasteiger partial charge in [0.15, 0.2) is 0 Å². The van der Waals surface area contributed by atoms with Gasteiger partial charge in [0.1, 0.15) is 0 Å². The van der Waals surface area contributed by atoms with Gasteiger partial charge in [0, 0.05) is 22.0 Å². The Morgan fingerprint density at radius 3 is 2.94 bits per heavy atom. The number of hydrogen-bond donors (Lipinski definition) is 2. The third-order valence-corrected chi connectivity index (χ3v) is 4.71. The normalized spacial score (nSPS) is 23.0. The topological polar surface area (TPSA) is 49.3 Å². The lowest BCUT2D eigenvalue weighted by Gasteiger charge is -2.21. The van der Waals surface area contributed by atoms with Gasteiger partial charge in [0.05, 0.1) is 5.56 Å². The van der Waals surface area contributed by atoms with Crippen molar-refractivity contribution >= 4 is 35.0 Å². The van der Waals surface area contributed by atoms with Gasteiger partial charge >= 0.3 is 5.97 Å². The molecule has 1 aromatic carbocycles. The Bertz CT molecular complexity index is 453. The fourth-order valence-electron chi connectivity index (χ4n) is 2.39. The van der Waals surface area contributed by atoms with E-state index in [2.05, 4.69) is 11.6 Å². The Morgan fingerprint density at radius 1 is 1.50 bits per heavy atom. The first-order valence-corrected chi connectivity index (χ1v) is 7.60. The number of anilines is 1. The van der Waals surface area contributed by atoms with Gasteiger partial charge in [-0.3, -0.25) is 0 Å². The van der Waals surface area contributed by atoms with Crippen molar-refractivity contribution in [3.63, 3.8) is 0 Å². The van der Waals surface area contributed by atoms with Crippen LogP contribution in [0, 0.1) is 0 Å². The number of hydrogen-bond acceptors (Lipinski definition) is 3. The molecule has 1 fully saturated rings. The molecule has 1 saturated carbocycles. The van der Waals surface area contributed by atoms with Crippen LogP contribution in [0.1, 0.15) is 29.6 Å². The molecule has 0 bridgehead atoms. The molecular weight excluding hydrogens is 270 g/mol. The molecule has 98 valence electrons. The summed E-state index contributed by atoms with van der Waals surface area (Å²) in [6.07, 6.45) is 5.58. The van der Waals surface area contributed by atoms with Gasteiger partial charge in [0.25, 0.3) is 0 Å². The first kappa shape index (κ1) is 13.6. The molecule has 0 radical (unpaired) electrons. The van der Waals surface area contributed by atoms with Crippen molar-refractivity contribution in [2.24, 2.45) is 0 Å². The summed E-state index contributed by atoms with van der Waals surface area (Å²) in [6.45, 7) is 0. The summed E-state index contributed by atoms with van der Waals surface area (Å²) in [5, 5.41) is 13.5. The van der Waals surface area contributed by atoms with Crippen LogP contribution in [-0.2, 0) is 0 Å². The third-order valence-electron chi connectivity index (χ3n) is 3.31. The van der Waals surface area contributed by atoms with E-state index >= 15 is 0 Å². The van der Waals surface area contributed by atoms with E-state index in [1.54, 1.807) is 12.1 Å². The Morgan fingerprint density at radius 2 is 2.28 bits per heavy atom. The number of aromatic carboxylic acids is 1. The molecule has 0 amide bonds. The second-order valence-corrected chi connectivity index (χ2v) is 5.96. The van der Waals surface area contributed by atoms with Crippen LogP contribution >= 0.6 is 23.4 Å². The first-order valence-electron chi connectivity index (χ1n) is 5.94. The molecule has 0 spiro atoms. The zero-order valence-corrected chi connectivity index (χ0v) is 11.7. The van der Waals surface area contributed by atoms with E-state index in [4.69, 9.17) is 11.6 Å². The molecule has 0 aromatic heterocycles. The number of nitrogens with one attached hydrogen (secondary N) is 1. The molecule has 1 aliphatic rings. The van der Waals surface area contributed by atoms with Gasteiger partial charge in [0.2, 0.25) is 0 Å². The second-order valence-electron chi connectivity index (χ2n) is 4.45. The molecule has 5 heteroatoms. The van der Waals surface area contributed by atoms with Crippen molar-refractivity contribution in [3.05, 3.63) is 28.8 Å². The average molecular weight is 286 g/mol. The first-order chi connectivity index (χ1) is 8.61. The lowest BCUT2D eigenvalue weighted by molar-refractivity contribution is 0.0698. The molecule has 2 unspecified atom stereocenters. The maximum absolute atomic E-state index is 11.2. The monoisotopic (exact) mass is 285 g/mol. The molecule has 2 rings (SSSR count). The average Bonchev–Trinajstić information content (AvgIpc) is 2.78. The number of carboxylic acid groups (broad SMARTS) is 1. The number of benzene rings is 1. The Balaban J connectivity index is 2.20. The zero-order valence-electron chi connectivity index (χ0n) is 10.1. The second kappa shape index (κ2) is 5.85. The molecule has 0 heterocycles. The summed E-state index contributed by atoms with van der Waals surface area (Å²) in [4.78, 5) is 11.2. The van der Waals surface area contributed by atoms with Gasteiger partial charge in [-0.1, -0.05) is 18.0 Å². The quantitative estimate of drug-likeness (QED) is 0.885. The standard InChI is InChI=1S/C13H16ClNO2S/c1-18-12-4-2-3-11(12)15-10-6-5-8(14)7-9(10)13(16)17/h5-7,11-12,15H,2-4H2,1H3,(H,16,17). The van der Waals surface area contributed by atoms with Crippen molar-refractivity contribution in [3.8, 4) is 0 Å². The van der Waals surface area contributed by atoms with E-state index < -0.39 is 5.97 Å². The molecule has 3 nitrogen and oxygen atoms in total. The predicted octanol–water partition coefficient (Wildman–Crippen LogP) is 3.73. The largest absolute Gasteiger partial charge is 0.478 e. The van der Waals surface area contributed by atoms with Gasteiger partial charge in [-0.25, -0.2) is 4.79 Å². The van der Waals surface area contributed by atoms with E-state index in [9.17, 15) is 9.90 Å². The van der Waals surface area contributed by atoms with Crippen LogP contribution in [-0.4, -0.2) is 28.6 Å².